The van der Waals surface area contributed by atoms with Gasteiger partial charge in [-0.15, -0.1) is 0 Å². The van der Waals surface area contributed by atoms with Crippen molar-refractivity contribution < 1.29 is 9.90 Å². The Hall–Kier alpha value is -1.36. The number of aliphatic hydroxyl groups is 1. The third-order valence-electron chi connectivity index (χ3n) is 4.35. The van der Waals surface area contributed by atoms with E-state index >= 15 is 0 Å². The van der Waals surface area contributed by atoms with Crippen LogP contribution in [-0.2, 0) is 6.54 Å². The molecule has 1 aliphatic carbocycles. The molecule has 0 saturated heterocycles. The zero-order valence-electron chi connectivity index (χ0n) is 13.5. The maximum atomic E-state index is 12.5. The molecule has 2 rings (SSSR count). The summed E-state index contributed by atoms with van der Waals surface area (Å²) in [7, 11) is 1.81. The van der Waals surface area contributed by atoms with Crippen LogP contribution in [0.15, 0.2) is 6.20 Å². The molecule has 21 heavy (non-hydrogen) atoms. The highest BCUT2D eigenvalue weighted by atomic mass is 16.3. The molecule has 1 aliphatic rings. The second-order valence-corrected chi connectivity index (χ2v) is 6.66. The number of hydrogen-bond acceptors (Lipinski definition) is 3. The van der Waals surface area contributed by atoms with Crippen molar-refractivity contribution in [1.82, 2.24) is 14.7 Å². The number of carbonyl (C=O) groups is 1. The molecule has 1 fully saturated rings. The summed E-state index contributed by atoms with van der Waals surface area (Å²) >= 11 is 0. The molecule has 1 aromatic heterocycles. The standard InChI is InChI=1S/C16H27N3O2/c1-11(2)9-19-12(3)14(8-17-19)16(21)18(4)10-13-6-5-7-15(13)20/h8,11,13,15,20H,5-7,9-10H2,1-4H3. The molecule has 0 spiro atoms. The SMILES string of the molecule is Cc1c(C(=O)N(C)CC2CCCC2O)cnn1CC(C)C. The number of rotatable bonds is 5. The highest BCUT2D eigenvalue weighted by molar-refractivity contribution is 5.94. The van der Waals surface area contributed by atoms with E-state index in [1.807, 2.05) is 18.7 Å². The van der Waals surface area contributed by atoms with Gasteiger partial charge in [0.25, 0.3) is 5.91 Å². The Morgan fingerprint density at radius 1 is 1.52 bits per heavy atom. The summed E-state index contributed by atoms with van der Waals surface area (Å²) in [5.74, 6) is 0.712. The molecular weight excluding hydrogens is 266 g/mol. The van der Waals surface area contributed by atoms with E-state index in [1.54, 1.807) is 11.1 Å². The zero-order valence-corrected chi connectivity index (χ0v) is 13.5. The van der Waals surface area contributed by atoms with Gasteiger partial charge in [0.1, 0.15) is 0 Å². The van der Waals surface area contributed by atoms with Crippen molar-refractivity contribution in [3.05, 3.63) is 17.5 Å². The summed E-state index contributed by atoms with van der Waals surface area (Å²) in [5.41, 5.74) is 1.60. The van der Waals surface area contributed by atoms with Crippen molar-refractivity contribution >= 4 is 5.91 Å². The summed E-state index contributed by atoms with van der Waals surface area (Å²) in [6.45, 7) is 7.66. The lowest BCUT2D eigenvalue weighted by molar-refractivity contribution is 0.0692. The Balaban J connectivity index is 2.03. The Morgan fingerprint density at radius 3 is 2.81 bits per heavy atom. The normalized spacial score (nSPS) is 22.0. The molecule has 0 aromatic carbocycles. The fourth-order valence-corrected chi connectivity index (χ4v) is 3.06. The molecule has 1 amide bonds. The minimum atomic E-state index is -0.259. The van der Waals surface area contributed by atoms with Crippen molar-refractivity contribution in [3.8, 4) is 0 Å². The molecular formula is C16H27N3O2. The van der Waals surface area contributed by atoms with Crippen LogP contribution in [0.5, 0.6) is 0 Å². The molecule has 0 aliphatic heterocycles. The zero-order chi connectivity index (χ0) is 15.6. The Bertz CT molecular complexity index is 496. The van der Waals surface area contributed by atoms with Gasteiger partial charge in [0, 0.05) is 31.7 Å². The van der Waals surface area contributed by atoms with Crippen LogP contribution in [0.25, 0.3) is 0 Å². The van der Waals surface area contributed by atoms with Gasteiger partial charge in [-0.1, -0.05) is 20.3 Å². The number of nitrogens with zero attached hydrogens (tertiary/aromatic N) is 3. The first-order valence-electron chi connectivity index (χ1n) is 7.86. The number of amides is 1. The summed E-state index contributed by atoms with van der Waals surface area (Å²) in [4.78, 5) is 14.3. The summed E-state index contributed by atoms with van der Waals surface area (Å²) in [6.07, 6.45) is 4.33. The van der Waals surface area contributed by atoms with Crippen molar-refractivity contribution in [2.45, 2.75) is 52.7 Å². The third kappa shape index (κ3) is 3.64. The summed E-state index contributed by atoms with van der Waals surface area (Å²) in [6, 6.07) is 0. The fourth-order valence-electron chi connectivity index (χ4n) is 3.06. The van der Waals surface area contributed by atoms with E-state index in [0.29, 0.717) is 18.0 Å². The highest BCUT2D eigenvalue weighted by Gasteiger charge is 2.28. The monoisotopic (exact) mass is 293 g/mol. The molecule has 2 unspecified atom stereocenters. The molecule has 0 radical (unpaired) electrons. The Morgan fingerprint density at radius 2 is 2.24 bits per heavy atom. The van der Waals surface area contributed by atoms with E-state index in [9.17, 15) is 9.90 Å². The maximum absolute atomic E-state index is 12.5. The van der Waals surface area contributed by atoms with Crippen LogP contribution in [0.2, 0.25) is 0 Å². The minimum absolute atomic E-state index is 0.00149. The van der Waals surface area contributed by atoms with E-state index in [0.717, 1.165) is 31.5 Å². The maximum Gasteiger partial charge on any atom is 0.257 e. The van der Waals surface area contributed by atoms with Crippen LogP contribution in [0.4, 0.5) is 0 Å². The molecule has 0 bridgehead atoms. The van der Waals surface area contributed by atoms with Crippen LogP contribution < -0.4 is 0 Å². The quantitative estimate of drug-likeness (QED) is 0.904. The summed E-state index contributed by atoms with van der Waals surface area (Å²) < 4.78 is 1.90. The smallest absolute Gasteiger partial charge is 0.257 e. The van der Waals surface area contributed by atoms with Crippen LogP contribution >= 0.6 is 0 Å². The van der Waals surface area contributed by atoms with Gasteiger partial charge in [0.05, 0.1) is 17.9 Å². The van der Waals surface area contributed by atoms with Crippen LogP contribution in [-0.4, -0.2) is 45.4 Å². The predicted molar refractivity (Wildman–Crippen MR) is 82.1 cm³/mol. The van der Waals surface area contributed by atoms with Gasteiger partial charge in [-0.2, -0.15) is 5.10 Å². The molecule has 1 N–H and O–H groups in total. The lowest BCUT2D eigenvalue weighted by atomic mass is 10.1. The van der Waals surface area contributed by atoms with E-state index in [1.165, 1.54) is 0 Å². The third-order valence-corrected chi connectivity index (χ3v) is 4.35. The second-order valence-electron chi connectivity index (χ2n) is 6.66. The number of aliphatic hydroxyl groups excluding tert-OH is 1. The van der Waals surface area contributed by atoms with Gasteiger partial charge in [-0.05, 0) is 25.7 Å². The topological polar surface area (TPSA) is 58.4 Å². The van der Waals surface area contributed by atoms with Gasteiger partial charge in [-0.3, -0.25) is 9.48 Å². The van der Waals surface area contributed by atoms with Gasteiger partial charge in [-0.25, -0.2) is 0 Å². The number of aromatic nitrogens is 2. The Labute approximate surface area is 126 Å². The minimum Gasteiger partial charge on any atom is -0.393 e. The van der Waals surface area contributed by atoms with Crippen LogP contribution in [0, 0.1) is 18.8 Å². The molecule has 1 saturated carbocycles. The molecule has 5 heteroatoms. The second kappa shape index (κ2) is 6.60. The molecule has 1 aromatic rings. The predicted octanol–water partition coefficient (Wildman–Crippen LogP) is 2.08. The highest BCUT2D eigenvalue weighted by Crippen LogP contribution is 2.26. The molecule has 2 atom stereocenters. The van der Waals surface area contributed by atoms with Gasteiger partial charge >= 0.3 is 0 Å². The number of carbonyl (C=O) groups excluding carboxylic acids is 1. The van der Waals surface area contributed by atoms with Crippen molar-refractivity contribution in [3.63, 3.8) is 0 Å². The van der Waals surface area contributed by atoms with Gasteiger partial charge in [0.2, 0.25) is 0 Å². The molecule has 118 valence electrons. The fraction of sp³-hybridized carbons (Fsp3) is 0.750. The lowest BCUT2D eigenvalue weighted by Crippen LogP contribution is -2.34. The first-order valence-corrected chi connectivity index (χ1v) is 7.86. The number of hydrogen-bond donors (Lipinski definition) is 1. The van der Waals surface area contributed by atoms with E-state index in [-0.39, 0.29) is 17.9 Å². The summed E-state index contributed by atoms with van der Waals surface area (Å²) in [5, 5.41) is 14.2. The van der Waals surface area contributed by atoms with E-state index < -0.39 is 0 Å². The molecule has 5 nitrogen and oxygen atoms in total. The molecule has 1 heterocycles. The first kappa shape index (κ1) is 16.0. The average molecular weight is 293 g/mol. The van der Waals surface area contributed by atoms with Crippen molar-refractivity contribution in [1.29, 1.82) is 0 Å². The Kier molecular flexibility index (Phi) is 5.04. The van der Waals surface area contributed by atoms with Crippen LogP contribution in [0.3, 0.4) is 0 Å². The van der Waals surface area contributed by atoms with Crippen molar-refractivity contribution in [2.75, 3.05) is 13.6 Å². The first-order chi connectivity index (χ1) is 9.90. The average Bonchev–Trinajstić information content (AvgIpc) is 2.96. The van der Waals surface area contributed by atoms with E-state index in [4.69, 9.17) is 0 Å². The van der Waals surface area contributed by atoms with Gasteiger partial charge in [0.15, 0.2) is 0 Å². The lowest BCUT2D eigenvalue weighted by Gasteiger charge is -2.23. The largest absolute Gasteiger partial charge is 0.393 e. The van der Waals surface area contributed by atoms with Gasteiger partial charge < -0.3 is 10.0 Å². The van der Waals surface area contributed by atoms with E-state index in [2.05, 4.69) is 18.9 Å². The van der Waals surface area contributed by atoms with Crippen LogP contribution in [0.1, 0.15) is 49.2 Å². The van der Waals surface area contributed by atoms with Crippen molar-refractivity contribution in [2.24, 2.45) is 11.8 Å².